The number of hydrogen-bond donors (Lipinski definition) is 0. The highest BCUT2D eigenvalue weighted by atomic mass is 15.3. The Balaban J connectivity index is 1.81. The molecule has 0 saturated heterocycles. The molecule has 0 radical (unpaired) electrons. The van der Waals surface area contributed by atoms with Crippen molar-refractivity contribution < 1.29 is 0 Å². The largest absolute Gasteiger partial charge is 0.306 e. The first-order valence-corrected chi connectivity index (χ1v) is 10.2. The number of anilines is 6. The average molecular weight is 377 g/mol. The second-order valence-electron chi connectivity index (χ2n) is 7.73. The van der Waals surface area contributed by atoms with Gasteiger partial charge in [-0.05, 0) is 60.0 Å². The molecule has 4 aromatic carbocycles. The molecule has 2 nitrogen and oxygen atoms in total. The van der Waals surface area contributed by atoms with Crippen molar-refractivity contribution in [1.82, 2.24) is 0 Å². The zero-order chi connectivity index (χ0) is 19.8. The van der Waals surface area contributed by atoms with Crippen LogP contribution in [0.25, 0.3) is 0 Å². The fourth-order valence-corrected chi connectivity index (χ4v) is 4.08. The van der Waals surface area contributed by atoms with Crippen LogP contribution in [0.2, 0.25) is 0 Å². The third-order valence-corrected chi connectivity index (χ3v) is 5.54. The summed E-state index contributed by atoms with van der Waals surface area (Å²) in [5.41, 5.74) is 8.48. The lowest BCUT2D eigenvalue weighted by Crippen LogP contribution is -2.24. The molecule has 0 fully saturated rings. The van der Waals surface area contributed by atoms with Gasteiger partial charge in [0.2, 0.25) is 0 Å². The molecule has 4 aromatic rings. The Morgan fingerprint density at radius 1 is 0.483 bits per heavy atom. The number of rotatable bonds is 3. The topological polar surface area (TPSA) is 6.48 Å². The Morgan fingerprint density at radius 3 is 1.45 bits per heavy atom. The van der Waals surface area contributed by atoms with E-state index in [9.17, 15) is 0 Å². The van der Waals surface area contributed by atoms with Crippen molar-refractivity contribution >= 4 is 34.1 Å². The lowest BCUT2D eigenvalue weighted by Gasteiger charge is -2.40. The van der Waals surface area contributed by atoms with Gasteiger partial charge in [0.05, 0.1) is 22.7 Å². The van der Waals surface area contributed by atoms with E-state index in [0.717, 1.165) is 0 Å². The van der Waals surface area contributed by atoms with E-state index in [4.69, 9.17) is 0 Å². The van der Waals surface area contributed by atoms with Gasteiger partial charge in [-0.1, -0.05) is 68.4 Å². The molecule has 1 heterocycles. The van der Waals surface area contributed by atoms with Crippen LogP contribution in [-0.4, -0.2) is 0 Å². The molecule has 0 unspecified atom stereocenters. The van der Waals surface area contributed by atoms with Crippen LogP contribution in [0.5, 0.6) is 0 Å². The van der Waals surface area contributed by atoms with Crippen LogP contribution < -0.4 is 9.80 Å². The Labute approximate surface area is 172 Å². The monoisotopic (exact) mass is 376 g/mol. The highest BCUT2D eigenvalue weighted by Crippen LogP contribution is 2.54. The summed E-state index contributed by atoms with van der Waals surface area (Å²) in [6, 6.07) is 36.8. The van der Waals surface area contributed by atoms with Crippen LogP contribution in [0, 0.1) is 0 Å². The molecule has 5 rings (SSSR count). The zero-order valence-electron chi connectivity index (χ0n) is 16.8. The number of hydrogen-bond acceptors (Lipinski definition) is 2. The first-order valence-electron chi connectivity index (χ1n) is 10.2. The summed E-state index contributed by atoms with van der Waals surface area (Å²) in [5, 5.41) is 0. The van der Waals surface area contributed by atoms with Crippen LogP contribution in [-0.2, 0) is 0 Å². The van der Waals surface area contributed by atoms with Crippen molar-refractivity contribution in [3.05, 3.63) is 109 Å². The van der Waals surface area contributed by atoms with Gasteiger partial charge in [-0.2, -0.15) is 0 Å². The van der Waals surface area contributed by atoms with Crippen LogP contribution >= 0.6 is 0 Å². The third kappa shape index (κ3) is 2.98. The predicted octanol–water partition coefficient (Wildman–Crippen LogP) is 8.06. The van der Waals surface area contributed by atoms with Gasteiger partial charge < -0.3 is 9.80 Å². The Kier molecular flexibility index (Phi) is 4.33. The molecular formula is C27H24N2. The van der Waals surface area contributed by atoms with E-state index in [1.54, 1.807) is 0 Å². The summed E-state index contributed by atoms with van der Waals surface area (Å²) in [4.78, 5) is 4.75. The van der Waals surface area contributed by atoms with Gasteiger partial charge in [-0.3, -0.25) is 0 Å². The molecule has 0 bridgehead atoms. The maximum absolute atomic E-state index is 2.38. The van der Waals surface area contributed by atoms with Gasteiger partial charge in [0.1, 0.15) is 0 Å². The summed E-state index contributed by atoms with van der Waals surface area (Å²) in [6.07, 6.45) is 0. The maximum atomic E-state index is 2.38. The van der Waals surface area contributed by atoms with E-state index in [2.05, 4.69) is 127 Å². The molecule has 0 aromatic heterocycles. The van der Waals surface area contributed by atoms with Crippen molar-refractivity contribution in [1.29, 1.82) is 0 Å². The molecule has 1 aliphatic heterocycles. The highest BCUT2D eigenvalue weighted by molar-refractivity contribution is 6.01. The highest BCUT2D eigenvalue weighted by Gasteiger charge is 2.30. The summed E-state index contributed by atoms with van der Waals surface area (Å²) < 4.78 is 0. The lowest BCUT2D eigenvalue weighted by atomic mass is 9.98. The standard InChI is InChI=1S/C27H24N2/c1-20(2)21-17-18-26-27(19-21)29(23-13-7-4-8-14-23)25-16-10-9-15-24(25)28(26)22-11-5-3-6-12-22/h3-20H,1-2H3. The molecule has 0 amide bonds. The summed E-state index contributed by atoms with van der Waals surface area (Å²) in [5.74, 6) is 0.472. The minimum absolute atomic E-state index is 0.472. The van der Waals surface area contributed by atoms with Gasteiger partial charge in [0, 0.05) is 11.4 Å². The Bertz CT molecular complexity index is 1130. The van der Waals surface area contributed by atoms with Crippen molar-refractivity contribution in [3.63, 3.8) is 0 Å². The van der Waals surface area contributed by atoms with Gasteiger partial charge >= 0.3 is 0 Å². The maximum Gasteiger partial charge on any atom is 0.0706 e. The summed E-state index contributed by atoms with van der Waals surface area (Å²) >= 11 is 0. The number of nitrogens with zero attached hydrogens (tertiary/aromatic N) is 2. The molecule has 1 aliphatic rings. The van der Waals surface area contributed by atoms with Crippen molar-refractivity contribution in [2.24, 2.45) is 0 Å². The van der Waals surface area contributed by atoms with Crippen molar-refractivity contribution in [2.75, 3.05) is 9.80 Å². The molecule has 0 atom stereocenters. The van der Waals surface area contributed by atoms with E-state index < -0.39 is 0 Å². The average Bonchev–Trinajstić information content (AvgIpc) is 2.78. The Morgan fingerprint density at radius 2 is 0.931 bits per heavy atom. The normalized spacial score (nSPS) is 12.7. The number of para-hydroxylation sites is 4. The molecule has 0 N–H and O–H groups in total. The van der Waals surface area contributed by atoms with Gasteiger partial charge in [0.25, 0.3) is 0 Å². The Hall–Kier alpha value is -3.52. The van der Waals surface area contributed by atoms with E-state index >= 15 is 0 Å². The first-order chi connectivity index (χ1) is 14.2. The van der Waals surface area contributed by atoms with E-state index in [1.165, 1.54) is 39.7 Å². The molecule has 29 heavy (non-hydrogen) atoms. The van der Waals surface area contributed by atoms with Crippen LogP contribution in [0.1, 0.15) is 25.3 Å². The molecule has 142 valence electrons. The van der Waals surface area contributed by atoms with Crippen LogP contribution in [0.3, 0.4) is 0 Å². The first kappa shape index (κ1) is 17.6. The summed E-state index contributed by atoms with van der Waals surface area (Å²) in [7, 11) is 0. The minimum Gasteiger partial charge on any atom is -0.306 e. The van der Waals surface area contributed by atoms with Crippen LogP contribution in [0.15, 0.2) is 103 Å². The van der Waals surface area contributed by atoms with E-state index in [1.807, 2.05) is 0 Å². The van der Waals surface area contributed by atoms with Crippen LogP contribution in [0.4, 0.5) is 34.1 Å². The van der Waals surface area contributed by atoms with E-state index in [-0.39, 0.29) is 0 Å². The lowest BCUT2D eigenvalue weighted by molar-refractivity contribution is 0.866. The van der Waals surface area contributed by atoms with E-state index in [0.29, 0.717) is 5.92 Å². The van der Waals surface area contributed by atoms with Gasteiger partial charge in [0.15, 0.2) is 0 Å². The van der Waals surface area contributed by atoms with Gasteiger partial charge in [-0.25, -0.2) is 0 Å². The SMILES string of the molecule is CC(C)c1ccc2c(c1)N(c1ccccc1)c1ccccc1N2c1ccccc1. The molecule has 0 spiro atoms. The summed E-state index contributed by atoms with van der Waals surface area (Å²) in [6.45, 7) is 4.50. The van der Waals surface area contributed by atoms with Gasteiger partial charge in [-0.15, -0.1) is 0 Å². The molecule has 0 saturated carbocycles. The minimum atomic E-state index is 0.472. The second-order valence-corrected chi connectivity index (χ2v) is 7.73. The van der Waals surface area contributed by atoms with Crippen molar-refractivity contribution in [3.8, 4) is 0 Å². The molecule has 0 aliphatic carbocycles. The zero-order valence-corrected chi connectivity index (χ0v) is 16.8. The predicted molar refractivity (Wildman–Crippen MR) is 123 cm³/mol. The second kappa shape index (κ2) is 7.14. The number of fused-ring (bicyclic) bond motifs is 2. The van der Waals surface area contributed by atoms with Crippen molar-refractivity contribution in [2.45, 2.75) is 19.8 Å². The third-order valence-electron chi connectivity index (χ3n) is 5.54. The quantitative estimate of drug-likeness (QED) is 0.314. The fraction of sp³-hybridized carbons (Fsp3) is 0.111. The molecular weight excluding hydrogens is 352 g/mol. The smallest absolute Gasteiger partial charge is 0.0706 e. The number of benzene rings is 4. The molecule has 2 heteroatoms. The fourth-order valence-electron chi connectivity index (χ4n) is 4.08.